The fourth-order valence-electron chi connectivity index (χ4n) is 1.74. The van der Waals surface area contributed by atoms with Gasteiger partial charge in [0.15, 0.2) is 6.29 Å². The maximum absolute atomic E-state index is 11.1. The molecule has 0 aliphatic heterocycles. The fourth-order valence-corrected chi connectivity index (χ4v) is 1.74. The molecule has 0 heterocycles. The molecule has 1 atom stereocenters. The molecule has 1 N–H and O–H groups in total. The monoisotopic (exact) mass is 258 g/mol. The lowest BCUT2D eigenvalue weighted by atomic mass is 10.1. The molecule has 0 saturated heterocycles. The second kappa shape index (κ2) is 5.54. The van der Waals surface area contributed by atoms with Crippen molar-refractivity contribution in [1.29, 1.82) is 0 Å². The number of carbonyl (C=O) groups excluding carboxylic acids is 1. The van der Waals surface area contributed by atoms with Gasteiger partial charge in [-0.15, -0.1) is 0 Å². The number of fused-ring (bicyclic) bond motifs is 1. The first-order chi connectivity index (χ1) is 9.10. The van der Waals surface area contributed by atoms with Gasteiger partial charge in [-0.25, -0.2) is 4.79 Å². The van der Waals surface area contributed by atoms with Crippen LogP contribution in [-0.4, -0.2) is 17.4 Å². The van der Waals surface area contributed by atoms with Gasteiger partial charge in [0.2, 0.25) is 0 Å². The largest absolute Gasteiger partial charge is 0.465 e. The molecule has 0 spiro atoms. The summed E-state index contributed by atoms with van der Waals surface area (Å²) in [6.45, 7) is 4.88. The van der Waals surface area contributed by atoms with Gasteiger partial charge in [0, 0.05) is 11.5 Å². The average Bonchev–Trinajstić information content (AvgIpc) is 2.38. The normalized spacial score (nSPS) is 11.9. The van der Waals surface area contributed by atoms with Crippen molar-refractivity contribution < 1.29 is 19.4 Å². The third kappa shape index (κ3) is 3.11. The van der Waals surface area contributed by atoms with E-state index in [4.69, 9.17) is 9.47 Å². The van der Waals surface area contributed by atoms with E-state index in [1.807, 2.05) is 6.07 Å². The zero-order valence-electron chi connectivity index (χ0n) is 10.5. The Kier molecular flexibility index (Phi) is 3.82. The van der Waals surface area contributed by atoms with E-state index < -0.39 is 12.3 Å². The van der Waals surface area contributed by atoms with E-state index in [-0.39, 0.29) is 0 Å². The smallest absolute Gasteiger partial charge is 0.335 e. The topological polar surface area (TPSA) is 55.8 Å². The molecule has 0 aliphatic rings. The Morgan fingerprint density at radius 2 is 2.16 bits per heavy atom. The summed E-state index contributed by atoms with van der Waals surface area (Å²) < 4.78 is 10.3. The number of carbonyl (C=O) groups is 1. The Bertz CT molecular complexity index is 617. The molecule has 2 rings (SSSR count). The first kappa shape index (κ1) is 13.1. The molecule has 0 aliphatic carbocycles. The first-order valence-electron chi connectivity index (χ1n) is 5.82. The molecule has 19 heavy (non-hydrogen) atoms. The minimum atomic E-state index is -0.885. The predicted molar refractivity (Wildman–Crippen MR) is 72.1 cm³/mol. The highest BCUT2D eigenvalue weighted by atomic mass is 16.6. The summed E-state index contributed by atoms with van der Waals surface area (Å²) in [5.74, 6) is 0.511. The molecule has 0 radical (unpaired) electrons. The Labute approximate surface area is 110 Å². The molecule has 2 aromatic rings. The molecule has 2 aromatic carbocycles. The minimum Gasteiger partial charge on any atom is -0.465 e. The summed E-state index contributed by atoms with van der Waals surface area (Å²) in [5, 5.41) is 11.0. The van der Waals surface area contributed by atoms with Gasteiger partial charge in [0.25, 0.3) is 0 Å². The average molecular weight is 258 g/mol. The summed E-state index contributed by atoms with van der Waals surface area (Å²) in [6, 6.07) is 10.6. The summed E-state index contributed by atoms with van der Waals surface area (Å²) in [4.78, 5) is 11.1. The van der Waals surface area contributed by atoms with Gasteiger partial charge in [0.05, 0.1) is 0 Å². The van der Waals surface area contributed by atoms with Crippen molar-refractivity contribution in [3.8, 4) is 11.5 Å². The molecular formula is C15H14O4. The van der Waals surface area contributed by atoms with Gasteiger partial charge in [0.1, 0.15) is 11.5 Å². The van der Waals surface area contributed by atoms with E-state index in [1.54, 1.807) is 37.3 Å². The zero-order valence-corrected chi connectivity index (χ0v) is 10.5. The van der Waals surface area contributed by atoms with Crippen LogP contribution in [0.5, 0.6) is 11.5 Å². The van der Waals surface area contributed by atoms with Gasteiger partial charge >= 0.3 is 5.97 Å². The summed E-state index contributed by atoms with van der Waals surface area (Å²) in [6.07, 6.45) is 0.223. The van der Waals surface area contributed by atoms with Gasteiger partial charge < -0.3 is 14.6 Å². The van der Waals surface area contributed by atoms with Crippen molar-refractivity contribution in [3.63, 3.8) is 0 Å². The molecule has 1 unspecified atom stereocenters. The SMILES string of the molecule is C=CC(=O)Oc1ccc2c(OC(C)O)cccc2c1. The van der Waals surface area contributed by atoms with Crippen LogP contribution in [0.15, 0.2) is 49.1 Å². The molecule has 0 amide bonds. The summed E-state index contributed by atoms with van der Waals surface area (Å²) in [7, 11) is 0. The highest BCUT2D eigenvalue weighted by Gasteiger charge is 2.07. The second-order valence-electron chi connectivity index (χ2n) is 3.98. The van der Waals surface area contributed by atoms with E-state index in [1.165, 1.54) is 0 Å². The van der Waals surface area contributed by atoms with Crippen LogP contribution in [0.1, 0.15) is 6.92 Å². The van der Waals surface area contributed by atoms with Gasteiger partial charge in [-0.3, -0.25) is 0 Å². The van der Waals surface area contributed by atoms with Crippen molar-refractivity contribution in [2.75, 3.05) is 0 Å². The van der Waals surface area contributed by atoms with E-state index in [0.717, 1.165) is 16.8 Å². The zero-order chi connectivity index (χ0) is 13.8. The van der Waals surface area contributed by atoms with Crippen molar-refractivity contribution in [2.24, 2.45) is 0 Å². The van der Waals surface area contributed by atoms with E-state index in [2.05, 4.69) is 6.58 Å². The van der Waals surface area contributed by atoms with E-state index in [0.29, 0.717) is 11.5 Å². The van der Waals surface area contributed by atoms with Crippen molar-refractivity contribution in [2.45, 2.75) is 13.2 Å². The van der Waals surface area contributed by atoms with Crippen LogP contribution in [0.25, 0.3) is 10.8 Å². The Hall–Kier alpha value is -2.33. The van der Waals surface area contributed by atoms with Gasteiger partial charge in [-0.1, -0.05) is 18.7 Å². The number of rotatable bonds is 4. The van der Waals surface area contributed by atoms with Crippen LogP contribution >= 0.6 is 0 Å². The third-order valence-corrected chi connectivity index (χ3v) is 2.49. The minimum absolute atomic E-state index is 0.437. The maximum Gasteiger partial charge on any atom is 0.335 e. The molecule has 98 valence electrons. The third-order valence-electron chi connectivity index (χ3n) is 2.49. The standard InChI is InChI=1S/C15H14O4/c1-3-15(17)19-12-7-8-13-11(9-12)5-4-6-14(13)18-10(2)16/h3-10,16H,1H2,2H3. The molecule has 0 fully saturated rings. The fraction of sp³-hybridized carbons (Fsp3) is 0.133. The number of hydrogen-bond donors (Lipinski definition) is 1. The van der Waals surface area contributed by atoms with E-state index in [9.17, 15) is 9.90 Å². The maximum atomic E-state index is 11.1. The molecule has 0 saturated carbocycles. The van der Waals surface area contributed by atoms with E-state index >= 15 is 0 Å². The van der Waals surface area contributed by atoms with Crippen LogP contribution in [0.4, 0.5) is 0 Å². The van der Waals surface area contributed by atoms with Crippen LogP contribution in [-0.2, 0) is 4.79 Å². The Morgan fingerprint density at radius 3 is 2.84 bits per heavy atom. The molecular weight excluding hydrogens is 244 g/mol. The Morgan fingerprint density at radius 1 is 1.37 bits per heavy atom. The van der Waals surface area contributed by atoms with Crippen molar-refractivity contribution in [1.82, 2.24) is 0 Å². The molecule has 0 aromatic heterocycles. The number of esters is 1. The number of aliphatic hydroxyl groups excluding tert-OH is 1. The quantitative estimate of drug-likeness (QED) is 0.396. The predicted octanol–water partition coefficient (Wildman–Crippen LogP) is 2.65. The van der Waals surface area contributed by atoms with Crippen LogP contribution in [0.3, 0.4) is 0 Å². The summed E-state index contributed by atoms with van der Waals surface area (Å²) >= 11 is 0. The lowest BCUT2D eigenvalue weighted by molar-refractivity contribution is -0.128. The number of benzene rings is 2. The van der Waals surface area contributed by atoms with Crippen LogP contribution < -0.4 is 9.47 Å². The van der Waals surface area contributed by atoms with Gasteiger partial charge in [-0.05, 0) is 36.6 Å². The molecule has 4 nitrogen and oxygen atoms in total. The molecule has 0 bridgehead atoms. The highest BCUT2D eigenvalue weighted by molar-refractivity contribution is 5.90. The highest BCUT2D eigenvalue weighted by Crippen LogP contribution is 2.29. The number of hydrogen-bond acceptors (Lipinski definition) is 4. The van der Waals surface area contributed by atoms with Crippen LogP contribution in [0.2, 0.25) is 0 Å². The lowest BCUT2D eigenvalue weighted by Crippen LogP contribution is -2.09. The Balaban J connectivity index is 2.39. The van der Waals surface area contributed by atoms with Crippen LogP contribution in [0, 0.1) is 0 Å². The number of aliphatic hydroxyl groups is 1. The summed E-state index contributed by atoms with van der Waals surface area (Å²) in [5.41, 5.74) is 0. The molecule has 4 heteroatoms. The first-order valence-corrected chi connectivity index (χ1v) is 5.82. The lowest BCUT2D eigenvalue weighted by Gasteiger charge is -2.12. The second-order valence-corrected chi connectivity index (χ2v) is 3.98. The van der Waals surface area contributed by atoms with Gasteiger partial charge in [-0.2, -0.15) is 0 Å². The van der Waals surface area contributed by atoms with Crippen molar-refractivity contribution in [3.05, 3.63) is 49.1 Å². The van der Waals surface area contributed by atoms with Crippen molar-refractivity contribution >= 4 is 16.7 Å². The number of ether oxygens (including phenoxy) is 2.